The van der Waals surface area contributed by atoms with E-state index in [2.05, 4.69) is 10.3 Å². The molecule has 1 aromatic heterocycles. The van der Waals surface area contributed by atoms with Crippen LogP contribution in [0.15, 0.2) is 5.38 Å². The molecule has 0 saturated heterocycles. The summed E-state index contributed by atoms with van der Waals surface area (Å²) in [5, 5.41) is 5.59. The van der Waals surface area contributed by atoms with Gasteiger partial charge in [0.1, 0.15) is 0 Å². The zero-order valence-corrected chi connectivity index (χ0v) is 9.09. The molecule has 0 radical (unpaired) electrons. The summed E-state index contributed by atoms with van der Waals surface area (Å²) >= 11 is 1.51. The van der Waals surface area contributed by atoms with E-state index in [4.69, 9.17) is 5.73 Å². The van der Waals surface area contributed by atoms with Gasteiger partial charge in [-0.25, -0.2) is 4.98 Å². The van der Waals surface area contributed by atoms with Crippen molar-refractivity contribution in [3.05, 3.63) is 11.1 Å². The number of nitrogens with zero attached hydrogens (tertiary/aromatic N) is 1. The van der Waals surface area contributed by atoms with Crippen molar-refractivity contribution in [1.82, 2.24) is 4.98 Å². The number of thiazole rings is 1. The fourth-order valence-corrected chi connectivity index (χ4v) is 2.42. The lowest BCUT2D eigenvalue weighted by Crippen LogP contribution is -2.18. The highest BCUT2D eigenvalue weighted by molar-refractivity contribution is 7.13. The normalized spacial score (nSPS) is 28.9. The van der Waals surface area contributed by atoms with E-state index in [1.807, 2.05) is 5.38 Å². The lowest BCUT2D eigenvalue weighted by atomic mass is 10.3. The molecule has 1 heterocycles. The summed E-state index contributed by atoms with van der Waals surface area (Å²) in [7, 11) is 0. The molecule has 2 aliphatic rings. The van der Waals surface area contributed by atoms with Crippen LogP contribution in [0.25, 0.3) is 0 Å². The highest BCUT2D eigenvalue weighted by atomic mass is 32.1. The first-order valence-electron chi connectivity index (χ1n) is 5.26. The van der Waals surface area contributed by atoms with Gasteiger partial charge < -0.3 is 11.1 Å². The molecule has 4 nitrogen and oxygen atoms in total. The second-order valence-electron chi connectivity index (χ2n) is 4.35. The van der Waals surface area contributed by atoms with Crippen molar-refractivity contribution in [1.29, 1.82) is 0 Å². The molecule has 80 valence electrons. The van der Waals surface area contributed by atoms with Crippen LogP contribution >= 0.6 is 11.3 Å². The highest BCUT2D eigenvalue weighted by Gasteiger charge is 2.40. The second-order valence-corrected chi connectivity index (χ2v) is 5.21. The van der Waals surface area contributed by atoms with Crippen LogP contribution in [0.4, 0.5) is 5.13 Å². The van der Waals surface area contributed by atoms with Gasteiger partial charge in [0.15, 0.2) is 5.13 Å². The number of hydrogen-bond acceptors (Lipinski definition) is 4. The number of nitrogens with one attached hydrogen (secondary N) is 1. The van der Waals surface area contributed by atoms with Gasteiger partial charge in [0.25, 0.3) is 0 Å². The molecule has 15 heavy (non-hydrogen) atoms. The Hall–Kier alpha value is -0.940. The fraction of sp³-hybridized carbons (Fsp3) is 0.600. The quantitative estimate of drug-likeness (QED) is 0.811. The van der Waals surface area contributed by atoms with Crippen molar-refractivity contribution in [3.8, 4) is 0 Å². The zero-order chi connectivity index (χ0) is 10.4. The maximum absolute atomic E-state index is 11.6. The van der Waals surface area contributed by atoms with Crippen LogP contribution in [0.2, 0.25) is 0 Å². The number of anilines is 1. The zero-order valence-electron chi connectivity index (χ0n) is 8.27. The number of carbonyl (C=O) groups is 1. The molecule has 2 saturated carbocycles. The van der Waals surface area contributed by atoms with Gasteiger partial charge in [-0.3, -0.25) is 4.79 Å². The first-order valence-corrected chi connectivity index (χ1v) is 6.14. The molecule has 0 aliphatic heterocycles. The van der Waals surface area contributed by atoms with E-state index in [9.17, 15) is 4.79 Å². The van der Waals surface area contributed by atoms with Gasteiger partial charge in [-0.15, -0.1) is 11.3 Å². The van der Waals surface area contributed by atoms with Crippen LogP contribution in [-0.2, 0) is 4.79 Å². The third-order valence-corrected chi connectivity index (χ3v) is 3.70. The minimum atomic E-state index is 0.0123. The number of aromatic nitrogens is 1. The largest absolute Gasteiger partial charge is 0.327 e. The van der Waals surface area contributed by atoms with Gasteiger partial charge in [0, 0.05) is 17.3 Å². The number of rotatable bonds is 3. The van der Waals surface area contributed by atoms with E-state index in [-0.39, 0.29) is 17.9 Å². The molecule has 3 rings (SSSR count). The first-order chi connectivity index (χ1) is 7.24. The monoisotopic (exact) mass is 223 g/mol. The van der Waals surface area contributed by atoms with E-state index in [1.165, 1.54) is 24.2 Å². The van der Waals surface area contributed by atoms with E-state index in [1.54, 1.807) is 0 Å². The van der Waals surface area contributed by atoms with Crippen molar-refractivity contribution < 1.29 is 4.79 Å². The third kappa shape index (κ3) is 1.89. The Morgan fingerprint density at radius 3 is 2.93 bits per heavy atom. The molecule has 1 aromatic rings. The molecule has 2 atom stereocenters. The summed E-state index contributed by atoms with van der Waals surface area (Å²) in [6, 6.07) is 0.0628. The summed E-state index contributed by atoms with van der Waals surface area (Å²) in [4.78, 5) is 15.9. The van der Waals surface area contributed by atoms with Crippen molar-refractivity contribution in [3.63, 3.8) is 0 Å². The average molecular weight is 223 g/mol. The molecule has 0 spiro atoms. The maximum atomic E-state index is 11.6. The molecule has 2 fully saturated rings. The number of nitrogens with two attached hydrogens (primary N) is 1. The molecule has 5 heteroatoms. The molecule has 2 aliphatic carbocycles. The summed E-state index contributed by atoms with van der Waals surface area (Å²) in [5.41, 5.74) is 6.74. The highest BCUT2D eigenvalue weighted by Crippen LogP contribution is 2.41. The van der Waals surface area contributed by atoms with Crippen molar-refractivity contribution in [2.24, 2.45) is 11.7 Å². The molecule has 1 amide bonds. The summed E-state index contributed by atoms with van der Waals surface area (Å²) in [6.45, 7) is 0. The van der Waals surface area contributed by atoms with Crippen molar-refractivity contribution >= 4 is 22.4 Å². The van der Waals surface area contributed by atoms with Gasteiger partial charge in [0.05, 0.1) is 11.6 Å². The predicted molar refractivity (Wildman–Crippen MR) is 58.8 cm³/mol. The minimum absolute atomic E-state index is 0.0123. The lowest BCUT2D eigenvalue weighted by Gasteiger charge is -1.98. The van der Waals surface area contributed by atoms with Gasteiger partial charge in [-0.1, -0.05) is 0 Å². The Morgan fingerprint density at radius 1 is 1.60 bits per heavy atom. The van der Waals surface area contributed by atoms with Crippen LogP contribution in [0.3, 0.4) is 0 Å². The van der Waals surface area contributed by atoms with Gasteiger partial charge >= 0.3 is 0 Å². The molecule has 0 aromatic carbocycles. The van der Waals surface area contributed by atoms with Crippen LogP contribution in [0, 0.1) is 5.92 Å². The van der Waals surface area contributed by atoms with E-state index in [0.29, 0.717) is 5.92 Å². The average Bonchev–Trinajstić information content (AvgIpc) is 3.10. The Morgan fingerprint density at radius 2 is 2.33 bits per heavy atom. The van der Waals surface area contributed by atoms with E-state index >= 15 is 0 Å². The molecular weight excluding hydrogens is 210 g/mol. The van der Waals surface area contributed by atoms with Crippen LogP contribution in [-0.4, -0.2) is 16.9 Å². The summed E-state index contributed by atoms with van der Waals surface area (Å²) in [6.07, 6.45) is 3.29. The fourth-order valence-electron chi connectivity index (χ4n) is 1.62. The summed E-state index contributed by atoms with van der Waals surface area (Å²) < 4.78 is 0. The van der Waals surface area contributed by atoms with Gasteiger partial charge in [0.2, 0.25) is 5.91 Å². The Labute approximate surface area is 91.9 Å². The molecule has 2 unspecified atom stereocenters. The minimum Gasteiger partial charge on any atom is -0.327 e. The topological polar surface area (TPSA) is 68.0 Å². The van der Waals surface area contributed by atoms with Gasteiger partial charge in [-0.05, 0) is 19.3 Å². The summed E-state index contributed by atoms with van der Waals surface area (Å²) in [5.74, 6) is 0.688. The SMILES string of the molecule is NC1CC1C(=O)Nc1nc(C2CC2)cs1. The third-order valence-electron chi connectivity index (χ3n) is 2.92. The first kappa shape index (κ1) is 9.30. The van der Waals surface area contributed by atoms with Crippen molar-refractivity contribution in [2.75, 3.05) is 5.32 Å². The van der Waals surface area contributed by atoms with Crippen LogP contribution in [0.1, 0.15) is 30.9 Å². The Bertz CT molecular complexity index is 399. The van der Waals surface area contributed by atoms with Crippen LogP contribution in [0.5, 0.6) is 0 Å². The second kappa shape index (κ2) is 3.28. The van der Waals surface area contributed by atoms with Gasteiger partial charge in [-0.2, -0.15) is 0 Å². The Balaban J connectivity index is 1.63. The molecule has 0 bridgehead atoms. The standard InChI is InChI=1S/C10H13N3OS/c11-7-3-6(7)9(14)13-10-12-8(4-15-10)5-1-2-5/h4-7H,1-3,11H2,(H,12,13,14). The van der Waals surface area contributed by atoms with E-state index in [0.717, 1.165) is 17.2 Å². The number of carbonyl (C=O) groups excluding carboxylic acids is 1. The van der Waals surface area contributed by atoms with Crippen LogP contribution < -0.4 is 11.1 Å². The maximum Gasteiger partial charge on any atom is 0.230 e. The lowest BCUT2D eigenvalue weighted by molar-refractivity contribution is -0.117. The molecule has 3 N–H and O–H groups in total. The number of amides is 1. The number of hydrogen-bond donors (Lipinski definition) is 2. The van der Waals surface area contributed by atoms with Crippen molar-refractivity contribution in [2.45, 2.75) is 31.2 Å². The Kier molecular flexibility index (Phi) is 2.03. The van der Waals surface area contributed by atoms with E-state index < -0.39 is 0 Å². The molecular formula is C10H13N3OS. The predicted octanol–water partition coefficient (Wildman–Crippen LogP) is 1.31. The smallest absolute Gasteiger partial charge is 0.230 e.